The minimum Gasteiger partial charge on any atom is -0.450 e. The van der Waals surface area contributed by atoms with E-state index in [1.54, 1.807) is 0 Å². The molecule has 0 bridgehead atoms. The molecule has 1 amide bonds. The summed E-state index contributed by atoms with van der Waals surface area (Å²) in [5, 5.41) is 3.50. The van der Waals surface area contributed by atoms with Gasteiger partial charge in [0, 0.05) is 13.1 Å². The molecule has 1 unspecified atom stereocenters. The first-order valence-electron chi connectivity index (χ1n) is 6.77. The molecule has 1 atom stereocenters. The molecular weight excluding hydrogens is 240 g/mol. The molecule has 1 N–H and O–H groups in total. The average molecular weight is 262 g/mol. The highest BCUT2D eigenvalue weighted by Crippen LogP contribution is 2.26. The number of piperazine rings is 1. The first-order valence-corrected chi connectivity index (χ1v) is 6.77. The SMILES string of the molecule is CCOC(=O)N1CC(c2ccccc2)NCC1(C)C. The smallest absolute Gasteiger partial charge is 0.410 e. The Bertz CT molecular complexity index is 431. The maximum atomic E-state index is 12.1. The molecule has 4 heteroatoms. The maximum absolute atomic E-state index is 12.1. The van der Waals surface area contributed by atoms with Crippen molar-refractivity contribution in [2.75, 3.05) is 19.7 Å². The Morgan fingerprint density at radius 2 is 2.11 bits per heavy atom. The zero-order valence-corrected chi connectivity index (χ0v) is 11.8. The Kier molecular flexibility index (Phi) is 4.10. The molecule has 1 heterocycles. The Hall–Kier alpha value is -1.55. The van der Waals surface area contributed by atoms with Crippen molar-refractivity contribution in [3.05, 3.63) is 35.9 Å². The van der Waals surface area contributed by atoms with Crippen molar-refractivity contribution in [2.24, 2.45) is 0 Å². The normalized spacial score (nSPS) is 22.1. The summed E-state index contributed by atoms with van der Waals surface area (Å²) in [5.74, 6) is 0. The standard InChI is InChI=1S/C15H22N2O2/c1-4-19-14(18)17-10-13(16-11-15(17,2)3)12-8-6-5-7-9-12/h5-9,13,16H,4,10-11H2,1-3H3. The van der Waals surface area contributed by atoms with Gasteiger partial charge in [-0.05, 0) is 26.3 Å². The molecule has 1 saturated heterocycles. The molecule has 2 rings (SSSR count). The van der Waals surface area contributed by atoms with Gasteiger partial charge in [0.25, 0.3) is 0 Å². The molecule has 19 heavy (non-hydrogen) atoms. The maximum Gasteiger partial charge on any atom is 0.410 e. The summed E-state index contributed by atoms with van der Waals surface area (Å²) < 4.78 is 5.16. The van der Waals surface area contributed by atoms with Crippen LogP contribution in [-0.2, 0) is 4.74 Å². The number of ether oxygens (including phenoxy) is 1. The second kappa shape index (κ2) is 5.61. The Morgan fingerprint density at radius 3 is 2.74 bits per heavy atom. The fraction of sp³-hybridized carbons (Fsp3) is 0.533. The van der Waals surface area contributed by atoms with Crippen molar-refractivity contribution in [1.82, 2.24) is 10.2 Å². The highest BCUT2D eigenvalue weighted by atomic mass is 16.6. The molecule has 1 fully saturated rings. The summed E-state index contributed by atoms with van der Waals surface area (Å²) in [6, 6.07) is 10.4. The zero-order valence-electron chi connectivity index (χ0n) is 11.8. The van der Waals surface area contributed by atoms with E-state index in [0.29, 0.717) is 13.2 Å². The van der Waals surface area contributed by atoms with E-state index in [2.05, 4.69) is 31.3 Å². The lowest BCUT2D eigenvalue weighted by molar-refractivity contribution is 0.0404. The number of carbonyl (C=O) groups excluding carboxylic acids is 1. The van der Waals surface area contributed by atoms with Crippen molar-refractivity contribution < 1.29 is 9.53 Å². The second-order valence-electron chi connectivity index (χ2n) is 5.47. The minimum absolute atomic E-state index is 0.165. The number of amides is 1. The molecule has 1 aromatic carbocycles. The Labute approximate surface area is 114 Å². The Balaban J connectivity index is 2.14. The molecule has 0 aliphatic carbocycles. The summed E-state index contributed by atoms with van der Waals surface area (Å²) in [4.78, 5) is 13.9. The monoisotopic (exact) mass is 262 g/mol. The number of hydrogen-bond donors (Lipinski definition) is 1. The lowest BCUT2D eigenvalue weighted by Crippen LogP contribution is -2.60. The van der Waals surface area contributed by atoms with Crippen LogP contribution in [0.4, 0.5) is 4.79 Å². The van der Waals surface area contributed by atoms with Crippen molar-refractivity contribution in [1.29, 1.82) is 0 Å². The lowest BCUT2D eigenvalue weighted by Gasteiger charge is -2.45. The van der Waals surface area contributed by atoms with Crippen LogP contribution in [0.3, 0.4) is 0 Å². The van der Waals surface area contributed by atoms with E-state index in [-0.39, 0.29) is 17.7 Å². The van der Waals surface area contributed by atoms with Crippen LogP contribution in [0.2, 0.25) is 0 Å². The molecule has 4 nitrogen and oxygen atoms in total. The van der Waals surface area contributed by atoms with Gasteiger partial charge in [0.05, 0.1) is 18.2 Å². The molecule has 104 valence electrons. The number of hydrogen-bond acceptors (Lipinski definition) is 3. The highest BCUT2D eigenvalue weighted by Gasteiger charge is 2.38. The highest BCUT2D eigenvalue weighted by molar-refractivity contribution is 5.69. The minimum atomic E-state index is -0.227. The number of benzene rings is 1. The van der Waals surface area contributed by atoms with Gasteiger partial charge in [0.2, 0.25) is 0 Å². The van der Waals surface area contributed by atoms with E-state index in [4.69, 9.17) is 4.74 Å². The summed E-state index contributed by atoms with van der Waals surface area (Å²) in [5.41, 5.74) is 0.977. The van der Waals surface area contributed by atoms with E-state index < -0.39 is 0 Å². The largest absolute Gasteiger partial charge is 0.450 e. The van der Waals surface area contributed by atoms with E-state index in [1.807, 2.05) is 30.0 Å². The summed E-state index contributed by atoms with van der Waals surface area (Å²) in [6.07, 6.45) is -0.227. The number of nitrogens with zero attached hydrogens (tertiary/aromatic N) is 1. The van der Waals surface area contributed by atoms with Gasteiger partial charge in [-0.2, -0.15) is 0 Å². The molecule has 1 aliphatic rings. The van der Waals surface area contributed by atoms with Gasteiger partial charge >= 0.3 is 6.09 Å². The molecular formula is C15H22N2O2. The van der Waals surface area contributed by atoms with Gasteiger partial charge in [-0.1, -0.05) is 30.3 Å². The van der Waals surface area contributed by atoms with Crippen LogP contribution in [-0.4, -0.2) is 36.2 Å². The van der Waals surface area contributed by atoms with Crippen molar-refractivity contribution >= 4 is 6.09 Å². The van der Waals surface area contributed by atoms with Crippen LogP contribution in [0, 0.1) is 0 Å². The molecule has 1 aromatic rings. The first-order chi connectivity index (χ1) is 9.04. The van der Waals surface area contributed by atoms with Gasteiger partial charge in [-0.3, -0.25) is 4.90 Å². The molecule has 1 aliphatic heterocycles. The third-order valence-corrected chi connectivity index (χ3v) is 3.57. The van der Waals surface area contributed by atoms with Gasteiger partial charge < -0.3 is 10.1 Å². The van der Waals surface area contributed by atoms with E-state index in [9.17, 15) is 4.79 Å². The first kappa shape index (κ1) is 13.9. The van der Waals surface area contributed by atoms with Crippen LogP contribution in [0.15, 0.2) is 30.3 Å². The number of rotatable bonds is 2. The van der Waals surface area contributed by atoms with Crippen LogP contribution >= 0.6 is 0 Å². The second-order valence-corrected chi connectivity index (χ2v) is 5.47. The molecule has 0 radical (unpaired) electrons. The third kappa shape index (κ3) is 3.07. The van der Waals surface area contributed by atoms with Crippen LogP contribution in [0.1, 0.15) is 32.4 Å². The third-order valence-electron chi connectivity index (χ3n) is 3.57. The lowest BCUT2D eigenvalue weighted by atomic mass is 9.95. The fourth-order valence-electron chi connectivity index (χ4n) is 2.39. The summed E-state index contributed by atoms with van der Waals surface area (Å²) in [6.45, 7) is 7.74. The predicted molar refractivity (Wildman–Crippen MR) is 75.0 cm³/mol. The summed E-state index contributed by atoms with van der Waals surface area (Å²) in [7, 11) is 0. The van der Waals surface area contributed by atoms with Gasteiger partial charge in [0.15, 0.2) is 0 Å². The van der Waals surface area contributed by atoms with Crippen LogP contribution in [0.25, 0.3) is 0 Å². The van der Waals surface area contributed by atoms with E-state index >= 15 is 0 Å². The topological polar surface area (TPSA) is 41.6 Å². The Morgan fingerprint density at radius 1 is 1.42 bits per heavy atom. The number of nitrogens with one attached hydrogen (secondary N) is 1. The van der Waals surface area contributed by atoms with Crippen molar-refractivity contribution in [3.8, 4) is 0 Å². The van der Waals surface area contributed by atoms with E-state index in [1.165, 1.54) is 5.56 Å². The van der Waals surface area contributed by atoms with Crippen molar-refractivity contribution in [2.45, 2.75) is 32.4 Å². The van der Waals surface area contributed by atoms with E-state index in [0.717, 1.165) is 6.54 Å². The molecule has 0 spiro atoms. The fourth-order valence-corrected chi connectivity index (χ4v) is 2.39. The molecule has 0 aromatic heterocycles. The molecule has 0 saturated carbocycles. The van der Waals surface area contributed by atoms with Crippen molar-refractivity contribution in [3.63, 3.8) is 0 Å². The number of carbonyl (C=O) groups is 1. The van der Waals surface area contributed by atoms with Gasteiger partial charge in [-0.25, -0.2) is 4.79 Å². The predicted octanol–water partition coefficient (Wildman–Crippen LogP) is 2.57. The van der Waals surface area contributed by atoms with Crippen LogP contribution in [0.5, 0.6) is 0 Å². The summed E-state index contributed by atoms with van der Waals surface area (Å²) >= 11 is 0. The average Bonchev–Trinajstić information content (AvgIpc) is 2.39. The van der Waals surface area contributed by atoms with Gasteiger partial charge in [-0.15, -0.1) is 0 Å². The quantitative estimate of drug-likeness (QED) is 0.890. The van der Waals surface area contributed by atoms with Crippen LogP contribution < -0.4 is 5.32 Å². The van der Waals surface area contributed by atoms with Gasteiger partial charge in [0.1, 0.15) is 0 Å². The zero-order chi connectivity index (χ0) is 13.9.